The number of likely N-dealkylation sites (tertiary alicyclic amines) is 1. The molecule has 1 atom stereocenters. The summed E-state index contributed by atoms with van der Waals surface area (Å²) in [6.07, 6.45) is 2.52. The van der Waals surface area contributed by atoms with Crippen molar-refractivity contribution in [1.29, 1.82) is 0 Å². The second-order valence-electron chi connectivity index (χ2n) is 7.07. The molecule has 28 heavy (non-hydrogen) atoms. The molecular weight excluding hydrogens is 362 g/mol. The van der Waals surface area contributed by atoms with Crippen molar-refractivity contribution in [2.24, 2.45) is 7.05 Å². The van der Waals surface area contributed by atoms with Crippen molar-refractivity contribution >= 4 is 12.5 Å². The molecule has 0 aromatic carbocycles. The van der Waals surface area contributed by atoms with E-state index in [2.05, 4.69) is 22.2 Å². The van der Waals surface area contributed by atoms with Crippen LogP contribution in [0.15, 0.2) is 0 Å². The smallest absolute Gasteiger partial charge is 0.317 e. The molecule has 2 amide bonds. The Kier molecular flexibility index (Phi) is 10.5. The lowest BCUT2D eigenvalue weighted by Crippen LogP contribution is -2.46. The van der Waals surface area contributed by atoms with Gasteiger partial charge in [0.15, 0.2) is 0 Å². The van der Waals surface area contributed by atoms with E-state index in [-0.39, 0.29) is 12.5 Å². The van der Waals surface area contributed by atoms with E-state index in [0.29, 0.717) is 32.3 Å². The number of carbonyl (C=O) groups excluding carboxylic acids is 1. The van der Waals surface area contributed by atoms with Gasteiger partial charge in [-0.25, -0.2) is 4.79 Å². The molecule has 1 fully saturated rings. The third kappa shape index (κ3) is 7.12. The minimum Gasteiger partial charge on any atom is -0.483 e. The Hall–Kier alpha value is -2.13. The van der Waals surface area contributed by atoms with Crippen molar-refractivity contribution in [3.05, 3.63) is 17.0 Å². The molecule has 0 bridgehead atoms. The SMILES string of the molecule is COCCN(Cc1c(C)nn(C)c1C)C(=O)NCC(C)N1CCCC1.O=CO. The van der Waals surface area contributed by atoms with Crippen LogP contribution in [0, 0.1) is 13.8 Å². The summed E-state index contributed by atoms with van der Waals surface area (Å²) in [5.74, 6) is 0. The van der Waals surface area contributed by atoms with E-state index in [4.69, 9.17) is 14.6 Å². The predicted octanol–water partition coefficient (Wildman–Crippen LogP) is 1.38. The number of carboxylic acid groups (broad SMARTS) is 1. The fourth-order valence-corrected chi connectivity index (χ4v) is 3.35. The van der Waals surface area contributed by atoms with Crippen LogP contribution in [0.4, 0.5) is 4.79 Å². The Labute approximate surface area is 167 Å². The van der Waals surface area contributed by atoms with Crippen molar-refractivity contribution in [3.63, 3.8) is 0 Å². The molecule has 1 aliphatic heterocycles. The van der Waals surface area contributed by atoms with Gasteiger partial charge in [-0.1, -0.05) is 0 Å². The maximum Gasteiger partial charge on any atom is 0.317 e. The Morgan fingerprint density at radius 2 is 2.00 bits per heavy atom. The van der Waals surface area contributed by atoms with Gasteiger partial charge in [-0.2, -0.15) is 5.10 Å². The molecule has 0 spiro atoms. The third-order valence-electron chi connectivity index (χ3n) is 5.17. The van der Waals surface area contributed by atoms with Crippen molar-refractivity contribution < 1.29 is 19.4 Å². The van der Waals surface area contributed by atoms with Gasteiger partial charge in [-0.05, 0) is 46.7 Å². The average molecular weight is 398 g/mol. The van der Waals surface area contributed by atoms with Crippen LogP contribution in [0.2, 0.25) is 0 Å². The summed E-state index contributed by atoms with van der Waals surface area (Å²) in [5.41, 5.74) is 3.18. The second-order valence-corrected chi connectivity index (χ2v) is 7.07. The molecule has 2 N–H and O–H groups in total. The third-order valence-corrected chi connectivity index (χ3v) is 5.17. The summed E-state index contributed by atoms with van der Waals surface area (Å²) in [4.78, 5) is 25.3. The van der Waals surface area contributed by atoms with Crippen LogP contribution in [0.25, 0.3) is 0 Å². The Bertz CT molecular complexity index is 614. The van der Waals surface area contributed by atoms with Gasteiger partial charge in [0.25, 0.3) is 6.47 Å². The lowest BCUT2D eigenvalue weighted by atomic mass is 10.2. The number of carbonyl (C=O) groups is 2. The normalized spacial score (nSPS) is 14.9. The van der Waals surface area contributed by atoms with E-state index in [9.17, 15) is 4.79 Å². The summed E-state index contributed by atoms with van der Waals surface area (Å²) in [6, 6.07) is 0.336. The number of ether oxygens (including phenoxy) is 1. The molecule has 2 rings (SSSR count). The number of nitrogens with one attached hydrogen (secondary N) is 1. The molecule has 1 aliphatic rings. The number of methoxy groups -OCH3 is 1. The first-order valence-electron chi connectivity index (χ1n) is 9.68. The quantitative estimate of drug-likeness (QED) is 0.643. The highest BCUT2D eigenvalue weighted by atomic mass is 16.5. The van der Waals surface area contributed by atoms with Crippen molar-refractivity contribution in [1.82, 2.24) is 24.9 Å². The van der Waals surface area contributed by atoms with Crippen molar-refractivity contribution in [2.75, 3.05) is 39.9 Å². The highest BCUT2D eigenvalue weighted by Gasteiger charge is 2.21. The maximum absolute atomic E-state index is 12.7. The van der Waals surface area contributed by atoms with E-state index in [1.807, 2.05) is 30.5 Å². The molecule has 9 heteroatoms. The molecule has 1 aromatic rings. The van der Waals surface area contributed by atoms with Gasteiger partial charge in [0.2, 0.25) is 0 Å². The molecule has 0 radical (unpaired) electrons. The van der Waals surface area contributed by atoms with Gasteiger partial charge in [0, 0.05) is 44.5 Å². The van der Waals surface area contributed by atoms with Crippen LogP contribution in [-0.4, -0.2) is 83.1 Å². The van der Waals surface area contributed by atoms with Gasteiger partial charge < -0.3 is 20.1 Å². The number of hydrogen-bond acceptors (Lipinski definition) is 5. The van der Waals surface area contributed by atoms with E-state index >= 15 is 0 Å². The molecular formula is C19H35N5O4. The number of hydrogen-bond donors (Lipinski definition) is 2. The van der Waals surface area contributed by atoms with Crippen LogP contribution in [0.5, 0.6) is 0 Å². The minimum atomic E-state index is -0.250. The average Bonchev–Trinajstić information content (AvgIpc) is 3.27. The molecule has 0 saturated carbocycles. The number of aromatic nitrogens is 2. The van der Waals surface area contributed by atoms with E-state index < -0.39 is 0 Å². The molecule has 160 valence electrons. The Morgan fingerprint density at radius 3 is 2.50 bits per heavy atom. The highest BCUT2D eigenvalue weighted by Crippen LogP contribution is 2.15. The first-order chi connectivity index (χ1) is 13.3. The Balaban J connectivity index is 0.00000122. The van der Waals surface area contributed by atoms with Gasteiger partial charge in [0.05, 0.1) is 18.8 Å². The topological polar surface area (TPSA) is 99.9 Å². The summed E-state index contributed by atoms with van der Waals surface area (Å²) in [6.45, 7) is 10.5. The van der Waals surface area contributed by atoms with Gasteiger partial charge in [-0.3, -0.25) is 14.4 Å². The van der Waals surface area contributed by atoms with E-state index in [1.54, 1.807) is 7.11 Å². The predicted molar refractivity (Wildman–Crippen MR) is 107 cm³/mol. The van der Waals surface area contributed by atoms with Crippen LogP contribution in [0.3, 0.4) is 0 Å². The lowest BCUT2D eigenvalue weighted by molar-refractivity contribution is -0.122. The zero-order chi connectivity index (χ0) is 21.1. The monoisotopic (exact) mass is 397 g/mol. The zero-order valence-electron chi connectivity index (χ0n) is 17.8. The Morgan fingerprint density at radius 1 is 1.39 bits per heavy atom. The minimum absolute atomic E-state index is 0.0363. The molecule has 1 saturated heterocycles. The number of aryl methyl sites for hydroxylation is 2. The van der Waals surface area contributed by atoms with Crippen LogP contribution in [0.1, 0.15) is 36.7 Å². The number of amides is 2. The summed E-state index contributed by atoms with van der Waals surface area (Å²) in [7, 11) is 3.59. The van der Waals surface area contributed by atoms with Gasteiger partial charge in [-0.15, -0.1) is 0 Å². The van der Waals surface area contributed by atoms with Crippen molar-refractivity contribution in [2.45, 2.75) is 46.2 Å². The molecule has 1 unspecified atom stereocenters. The van der Waals surface area contributed by atoms with E-state index in [1.165, 1.54) is 12.8 Å². The summed E-state index contributed by atoms with van der Waals surface area (Å²) in [5, 5.41) is 14.4. The fourth-order valence-electron chi connectivity index (χ4n) is 3.35. The molecule has 0 aliphatic carbocycles. The highest BCUT2D eigenvalue weighted by molar-refractivity contribution is 5.74. The largest absolute Gasteiger partial charge is 0.483 e. The lowest BCUT2D eigenvalue weighted by Gasteiger charge is -2.27. The van der Waals surface area contributed by atoms with Crippen LogP contribution in [-0.2, 0) is 23.1 Å². The van der Waals surface area contributed by atoms with Crippen LogP contribution < -0.4 is 5.32 Å². The first-order valence-corrected chi connectivity index (χ1v) is 9.68. The van der Waals surface area contributed by atoms with Crippen LogP contribution >= 0.6 is 0 Å². The number of rotatable bonds is 8. The fraction of sp³-hybridized carbons (Fsp3) is 0.737. The van der Waals surface area contributed by atoms with E-state index in [0.717, 1.165) is 30.0 Å². The van der Waals surface area contributed by atoms with Gasteiger partial charge in [0.1, 0.15) is 0 Å². The zero-order valence-corrected chi connectivity index (χ0v) is 17.8. The first kappa shape index (κ1) is 23.9. The van der Waals surface area contributed by atoms with Gasteiger partial charge >= 0.3 is 6.03 Å². The molecule has 2 heterocycles. The van der Waals surface area contributed by atoms with Crippen molar-refractivity contribution in [3.8, 4) is 0 Å². The number of urea groups is 1. The molecule has 1 aromatic heterocycles. The second kappa shape index (κ2) is 12.4. The summed E-state index contributed by atoms with van der Waals surface area (Å²) < 4.78 is 7.05. The summed E-state index contributed by atoms with van der Waals surface area (Å²) >= 11 is 0. The molecule has 9 nitrogen and oxygen atoms in total. The number of nitrogens with zero attached hydrogens (tertiary/aromatic N) is 4. The standard InChI is InChI=1S/C18H33N5O2.CH2O2/c1-14(22-8-6-7-9-22)12-19-18(24)23(10-11-25-5)13-17-15(2)20-21(4)16(17)3;2-1-3/h14H,6-13H2,1-5H3,(H,19,24);1H,(H,2,3). The maximum atomic E-state index is 12.7.